The second-order valence-electron chi connectivity index (χ2n) is 7.86. The van der Waals surface area contributed by atoms with Crippen LogP contribution in [-0.2, 0) is 16.4 Å². The van der Waals surface area contributed by atoms with Crippen LogP contribution in [0.3, 0.4) is 0 Å². The average molecular weight is 391 g/mol. The molecule has 5 heteroatoms. The molecule has 28 heavy (non-hydrogen) atoms. The zero-order valence-electron chi connectivity index (χ0n) is 15.7. The molecule has 0 spiro atoms. The van der Waals surface area contributed by atoms with Crippen molar-refractivity contribution >= 4 is 9.84 Å². The molecular weight excluding hydrogens is 368 g/mol. The van der Waals surface area contributed by atoms with Crippen LogP contribution in [0.4, 0.5) is 0 Å². The Hall–Kier alpha value is -2.50. The molecule has 1 saturated heterocycles. The molecule has 2 aliphatic rings. The summed E-state index contributed by atoms with van der Waals surface area (Å²) in [5.41, 5.74) is 5.56. The first-order valence-electron chi connectivity index (χ1n) is 9.58. The van der Waals surface area contributed by atoms with Crippen LogP contribution in [0.25, 0.3) is 11.1 Å². The second kappa shape index (κ2) is 6.54. The van der Waals surface area contributed by atoms with Crippen LogP contribution < -0.4 is 0 Å². The fourth-order valence-corrected chi connectivity index (χ4v) is 6.84. The van der Waals surface area contributed by atoms with Gasteiger partial charge in [0.15, 0.2) is 9.84 Å². The molecule has 0 radical (unpaired) electrons. The molecule has 2 aromatic carbocycles. The van der Waals surface area contributed by atoms with Crippen molar-refractivity contribution in [2.75, 3.05) is 13.1 Å². The van der Waals surface area contributed by atoms with Crippen molar-refractivity contribution in [1.82, 2.24) is 9.88 Å². The molecular formula is C23H22N2O2S. The van der Waals surface area contributed by atoms with Crippen molar-refractivity contribution in [1.29, 1.82) is 0 Å². The van der Waals surface area contributed by atoms with E-state index in [1.807, 2.05) is 18.2 Å². The summed E-state index contributed by atoms with van der Waals surface area (Å²) in [6, 6.07) is 18.1. The molecule has 5 rings (SSSR count). The summed E-state index contributed by atoms with van der Waals surface area (Å²) < 4.78 is 26.3. The number of pyridine rings is 1. The van der Waals surface area contributed by atoms with Crippen LogP contribution in [0.5, 0.6) is 0 Å². The number of hydrogen-bond donors (Lipinski definition) is 0. The average Bonchev–Trinajstić information content (AvgIpc) is 3.20. The van der Waals surface area contributed by atoms with Crippen molar-refractivity contribution in [3.05, 3.63) is 83.7 Å². The Kier molecular flexibility index (Phi) is 4.11. The van der Waals surface area contributed by atoms with E-state index in [2.05, 4.69) is 47.1 Å². The van der Waals surface area contributed by atoms with E-state index in [0.29, 0.717) is 11.4 Å². The maximum atomic E-state index is 13.1. The summed E-state index contributed by atoms with van der Waals surface area (Å²) >= 11 is 0. The Morgan fingerprint density at radius 3 is 2.61 bits per heavy atom. The topological polar surface area (TPSA) is 50.3 Å². The van der Waals surface area contributed by atoms with E-state index >= 15 is 0 Å². The number of sulfone groups is 1. The molecule has 0 unspecified atom stereocenters. The van der Waals surface area contributed by atoms with E-state index in [-0.39, 0.29) is 11.2 Å². The molecule has 0 N–H and O–H groups in total. The minimum atomic E-state index is -3.27. The number of aryl methyl sites for hydroxylation is 1. The van der Waals surface area contributed by atoms with Gasteiger partial charge >= 0.3 is 0 Å². The zero-order valence-corrected chi connectivity index (χ0v) is 16.6. The number of benzene rings is 2. The van der Waals surface area contributed by atoms with Crippen LogP contribution in [0, 0.1) is 6.92 Å². The minimum absolute atomic E-state index is 0.0478. The molecule has 2 aliphatic heterocycles. The van der Waals surface area contributed by atoms with Crippen molar-refractivity contribution < 1.29 is 8.42 Å². The molecule has 0 amide bonds. The maximum absolute atomic E-state index is 13.1. The lowest BCUT2D eigenvalue weighted by Gasteiger charge is -2.18. The summed E-state index contributed by atoms with van der Waals surface area (Å²) in [5.74, 6) is 0.0478. The van der Waals surface area contributed by atoms with Crippen LogP contribution in [0.15, 0.2) is 71.9 Å². The van der Waals surface area contributed by atoms with E-state index in [1.165, 1.54) is 11.1 Å². The summed E-state index contributed by atoms with van der Waals surface area (Å²) in [6.45, 7) is 4.26. The molecule has 3 heterocycles. The van der Waals surface area contributed by atoms with E-state index < -0.39 is 9.84 Å². The van der Waals surface area contributed by atoms with Gasteiger partial charge in [0, 0.05) is 37.9 Å². The molecule has 0 aliphatic carbocycles. The van der Waals surface area contributed by atoms with Crippen LogP contribution >= 0.6 is 0 Å². The van der Waals surface area contributed by atoms with Gasteiger partial charge in [-0.15, -0.1) is 0 Å². The first-order chi connectivity index (χ1) is 13.5. The first-order valence-corrected chi connectivity index (χ1v) is 11.1. The Morgan fingerprint density at radius 2 is 1.82 bits per heavy atom. The highest BCUT2D eigenvalue weighted by Crippen LogP contribution is 2.46. The van der Waals surface area contributed by atoms with Crippen molar-refractivity contribution in [3.8, 4) is 11.1 Å². The zero-order chi connectivity index (χ0) is 19.3. The van der Waals surface area contributed by atoms with Gasteiger partial charge in [0.25, 0.3) is 0 Å². The van der Waals surface area contributed by atoms with Crippen LogP contribution in [-0.4, -0.2) is 36.6 Å². The molecule has 1 fully saturated rings. The Morgan fingerprint density at radius 1 is 1.00 bits per heavy atom. The van der Waals surface area contributed by atoms with Crippen LogP contribution in [0.1, 0.15) is 22.6 Å². The summed E-state index contributed by atoms with van der Waals surface area (Å²) in [4.78, 5) is 6.88. The second-order valence-corrected chi connectivity index (χ2v) is 10.00. The summed E-state index contributed by atoms with van der Waals surface area (Å²) in [7, 11) is -3.27. The smallest absolute Gasteiger partial charge is 0.183 e. The standard InChI is InChI=1S/C23H22N2O2S/c1-16-3-2-4-17(11-16)13-25-14-21-20-12-19(18-7-9-24-10-8-18)5-6-22(20)28(26,27)23(21)15-25/h2-12,21,23H,13-15H2,1H3/t21-,23-/m1/s1. The predicted molar refractivity (Wildman–Crippen MR) is 110 cm³/mol. The van der Waals surface area contributed by atoms with E-state index in [4.69, 9.17) is 0 Å². The van der Waals surface area contributed by atoms with Gasteiger partial charge in [-0.3, -0.25) is 9.88 Å². The normalized spacial score (nSPS) is 22.8. The molecule has 4 nitrogen and oxygen atoms in total. The minimum Gasteiger partial charge on any atom is -0.297 e. The van der Waals surface area contributed by atoms with Crippen molar-refractivity contribution in [3.63, 3.8) is 0 Å². The van der Waals surface area contributed by atoms with Gasteiger partial charge in [0.1, 0.15) is 0 Å². The number of fused-ring (bicyclic) bond motifs is 3. The molecule has 0 bridgehead atoms. The van der Waals surface area contributed by atoms with Gasteiger partial charge in [-0.2, -0.15) is 0 Å². The molecule has 1 aromatic heterocycles. The third-order valence-electron chi connectivity index (χ3n) is 5.96. The van der Waals surface area contributed by atoms with Gasteiger partial charge in [0.05, 0.1) is 10.1 Å². The lowest BCUT2D eigenvalue weighted by atomic mass is 9.95. The fraction of sp³-hybridized carbons (Fsp3) is 0.261. The van der Waals surface area contributed by atoms with Crippen molar-refractivity contribution in [2.24, 2.45) is 0 Å². The number of hydrogen-bond acceptors (Lipinski definition) is 4. The van der Waals surface area contributed by atoms with Crippen molar-refractivity contribution in [2.45, 2.75) is 29.5 Å². The number of likely N-dealkylation sites (tertiary alicyclic amines) is 1. The summed E-state index contributed by atoms with van der Waals surface area (Å²) in [6.07, 6.45) is 3.53. The van der Waals surface area contributed by atoms with E-state index in [1.54, 1.807) is 18.5 Å². The Bertz CT molecular complexity index is 1140. The molecule has 0 saturated carbocycles. The predicted octanol–water partition coefficient (Wildman–Crippen LogP) is 3.81. The highest BCUT2D eigenvalue weighted by atomic mass is 32.2. The van der Waals surface area contributed by atoms with Gasteiger partial charge in [-0.1, -0.05) is 35.9 Å². The van der Waals surface area contributed by atoms with Gasteiger partial charge in [-0.25, -0.2) is 8.42 Å². The molecule has 3 aromatic rings. The van der Waals surface area contributed by atoms with E-state index in [0.717, 1.165) is 29.8 Å². The third-order valence-corrected chi connectivity index (χ3v) is 8.22. The monoisotopic (exact) mass is 390 g/mol. The third kappa shape index (κ3) is 2.86. The summed E-state index contributed by atoms with van der Waals surface area (Å²) in [5, 5.41) is -0.333. The highest BCUT2D eigenvalue weighted by Gasteiger charge is 2.50. The SMILES string of the molecule is Cc1cccc(CN2C[C@@H]3c4cc(-c5ccncc5)ccc4S(=O)(=O)[C@@H]3C2)c1. The largest absolute Gasteiger partial charge is 0.297 e. The Labute approximate surface area is 165 Å². The molecule has 2 atom stereocenters. The lowest BCUT2D eigenvalue weighted by Crippen LogP contribution is -2.25. The van der Waals surface area contributed by atoms with Crippen LogP contribution in [0.2, 0.25) is 0 Å². The number of nitrogens with zero attached hydrogens (tertiary/aromatic N) is 2. The number of rotatable bonds is 3. The highest BCUT2D eigenvalue weighted by molar-refractivity contribution is 7.92. The quantitative estimate of drug-likeness (QED) is 0.682. The fourth-order valence-electron chi connectivity index (χ4n) is 4.65. The maximum Gasteiger partial charge on any atom is 0.183 e. The lowest BCUT2D eigenvalue weighted by molar-refractivity contribution is 0.325. The first kappa shape index (κ1) is 17.6. The Balaban J connectivity index is 1.47. The van der Waals surface area contributed by atoms with E-state index in [9.17, 15) is 8.42 Å². The van der Waals surface area contributed by atoms with Gasteiger partial charge < -0.3 is 0 Å². The van der Waals surface area contributed by atoms with Gasteiger partial charge in [0.2, 0.25) is 0 Å². The van der Waals surface area contributed by atoms with Gasteiger partial charge in [-0.05, 0) is 53.4 Å². The molecule has 142 valence electrons. The number of aromatic nitrogens is 1.